The van der Waals surface area contributed by atoms with Gasteiger partial charge in [-0.25, -0.2) is 4.98 Å². The summed E-state index contributed by atoms with van der Waals surface area (Å²) in [5, 5.41) is 0. The highest BCUT2D eigenvalue weighted by Crippen LogP contribution is 2.24. The lowest BCUT2D eigenvalue weighted by Gasteiger charge is -2.29. The van der Waals surface area contributed by atoms with Gasteiger partial charge in [-0.2, -0.15) is 0 Å². The average molecular weight is 397 g/mol. The number of nitrogens with zero attached hydrogens (tertiary/aromatic N) is 4. The molecule has 1 aromatic carbocycles. The van der Waals surface area contributed by atoms with E-state index < -0.39 is 0 Å². The van der Waals surface area contributed by atoms with Crippen LogP contribution in [0.1, 0.15) is 57.4 Å². The van der Waals surface area contributed by atoms with Crippen molar-refractivity contribution in [3.63, 3.8) is 0 Å². The fourth-order valence-corrected chi connectivity index (χ4v) is 3.95. The zero-order valence-corrected chi connectivity index (χ0v) is 17.4. The maximum absolute atomic E-state index is 13.0. The first-order chi connectivity index (χ1) is 14.1. The third-order valence-electron chi connectivity index (χ3n) is 5.55. The van der Waals surface area contributed by atoms with Crippen molar-refractivity contribution in [2.75, 3.05) is 18.0 Å². The molecule has 0 N–H and O–H groups in total. The highest BCUT2D eigenvalue weighted by molar-refractivity contribution is 5.92. The number of hydrogen-bond acceptors (Lipinski definition) is 3. The van der Waals surface area contributed by atoms with Gasteiger partial charge in [-0.15, -0.1) is 0 Å². The maximum Gasteiger partial charge on any atom is 0.223 e. The first-order valence-electron chi connectivity index (χ1n) is 10.7. The standard InChI is InChI=1S/C23H32N4O2/c1-20(28)27-16-8-4-2-3-7-15-26(18-21-10-5-6-11-22(21)27)23(29)12-9-14-25-17-13-24-19-25/h5-6,10-11,13,17,19H,2-4,7-9,12,14-16,18H2,1H3. The fourth-order valence-electron chi connectivity index (χ4n) is 3.95. The molecule has 0 spiro atoms. The smallest absolute Gasteiger partial charge is 0.223 e. The van der Waals surface area contributed by atoms with Gasteiger partial charge in [0.25, 0.3) is 0 Å². The first kappa shape index (κ1) is 21.1. The summed E-state index contributed by atoms with van der Waals surface area (Å²) in [4.78, 5) is 33.2. The lowest BCUT2D eigenvalue weighted by Crippen LogP contribution is -2.34. The highest BCUT2D eigenvalue weighted by Gasteiger charge is 2.20. The Bertz CT molecular complexity index is 788. The predicted octanol–water partition coefficient (Wildman–Crippen LogP) is 4.01. The lowest BCUT2D eigenvalue weighted by molar-refractivity contribution is -0.132. The molecule has 6 nitrogen and oxygen atoms in total. The topological polar surface area (TPSA) is 58.4 Å². The molecule has 156 valence electrons. The molecular weight excluding hydrogens is 364 g/mol. The van der Waals surface area contributed by atoms with Gasteiger partial charge < -0.3 is 14.4 Å². The minimum atomic E-state index is 0.0627. The molecule has 0 bridgehead atoms. The van der Waals surface area contributed by atoms with Crippen LogP contribution in [0.25, 0.3) is 0 Å². The molecule has 2 heterocycles. The van der Waals surface area contributed by atoms with Crippen molar-refractivity contribution in [3.8, 4) is 0 Å². The summed E-state index contributed by atoms with van der Waals surface area (Å²) in [6.45, 7) is 4.50. The Morgan fingerprint density at radius 2 is 1.79 bits per heavy atom. The van der Waals surface area contributed by atoms with Crippen molar-refractivity contribution >= 4 is 17.5 Å². The Hall–Kier alpha value is -2.63. The van der Waals surface area contributed by atoms with Gasteiger partial charge in [-0.3, -0.25) is 9.59 Å². The van der Waals surface area contributed by atoms with Gasteiger partial charge >= 0.3 is 0 Å². The van der Waals surface area contributed by atoms with Gasteiger partial charge in [0.2, 0.25) is 11.8 Å². The number of fused-ring (bicyclic) bond motifs is 1. The number of benzene rings is 1. The van der Waals surface area contributed by atoms with E-state index in [4.69, 9.17) is 0 Å². The number of aryl methyl sites for hydroxylation is 1. The number of rotatable bonds is 4. The molecule has 2 amide bonds. The average Bonchev–Trinajstić information content (AvgIpc) is 3.21. The zero-order valence-electron chi connectivity index (χ0n) is 17.4. The summed E-state index contributed by atoms with van der Waals surface area (Å²) in [5.74, 6) is 0.249. The van der Waals surface area contributed by atoms with Crippen LogP contribution in [-0.2, 0) is 22.7 Å². The molecule has 0 saturated carbocycles. The third kappa shape index (κ3) is 6.17. The van der Waals surface area contributed by atoms with E-state index in [0.29, 0.717) is 13.0 Å². The molecule has 0 atom stereocenters. The Kier molecular flexibility index (Phi) is 7.85. The van der Waals surface area contributed by atoms with Crippen LogP contribution in [0.5, 0.6) is 0 Å². The number of para-hydroxylation sites is 1. The van der Waals surface area contributed by atoms with Crippen LogP contribution in [0, 0.1) is 0 Å². The van der Waals surface area contributed by atoms with E-state index >= 15 is 0 Å². The first-order valence-corrected chi connectivity index (χ1v) is 10.7. The Labute approximate surface area is 173 Å². The van der Waals surface area contributed by atoms with Crippen molar-refractivity contribution in [3.05, 3.63) is 48.5 Å². The van der Waals surface area contributed by atoms with Crippen LogP contribution in [0.4, 0.5) is 5.69 Å². The molecule has 1 aromatic heterocycles. The van der Waals surface area contributed by atoms with Crippen LogP contribution in [-0.4, -0.2) is 39.4 Å². The maximum atomic E-state index is 13.0. The second kappa shape index (κ2) is 10.8. The molecule has 2 aromatic rings. The number of amides is 2. The molecule has 0 fully saturated rings. The second-order valence-electron chi connectivity index (χ2n) is 7.79. The van der Waals surface area contributed by atoms with Gasteiger partial charge in [0, 0.05) is 57.6 Å². The Morgan fingerprint density at radius 3 is 2.55 bits per heavy atom. The largest absolute Gasteiger partial charge is 0.338 e. The lowest BCUT2D eigenvalue weighted by atomic mass is 10.1. The molecule has 3 rings (SSSR count). The van der Waals surface area contributed by atoms with Crippen molar-refractivity contribution in [1.82, 2.24) is 14.5 Å². The molecule has 1 aliphatic rings. The highest BCUT2D eigenvalue weighted by atomic mass is 16.2. The van der Waals surface area contributed by atoms with Gasteiger partial charge in [-0.1, -0.05) is 37.5 Å². The third-order valence-corrected chi connectivity index (χ3v) is 5.55. The molecule has 1 aliphatic heterocycles. The van der Waals surface area contributed by atoms with E-state index in [1.807, 2.05) is 44.8 Å². The summed E-state index contributed by atoms with van der Waals surface area (Å²) < 4.78 is 2.00. The van der Waals surface area contributed by atoms with Crippen molar-refractivity contribution in [2.24, 2.45) is 0 Å². The number of imidazole rings is 1. The molecule has 29 heavy (non-hydrogen) atoms. The van der Waals surface area contributed by atoms with Crippen molar-refractivity contribution in [1.29, 1.82) is 0 Å². The van der Waals surface area contributed by atoms with Crippen LogP contribution in [0.3, 0.4) is 0 Å². The van der Waals surface area contributed by atoms with Crippen molar-refractivity contribution < 1.29 is 9.59 Å². The molecule has 0 saturated heterocycles. The van der Waals surface area contributed by atoms with Gasteiger partial charge in [0.15, 0.2) is 0 Å². The Morgan fingerprint density at radius 1 is 1.03 bits per heavy atom. The number of anilines is 1. The summed E-state index contributed by atoms with van der Waals surface area (Å²) in [5.41, 5.74) is 1.99. The summed E-state index contributed by atoms with van der Waals surface area (Å²) >= 11 is 0. The molecular formula is C23H32N4O2. The van der Waals surface area contributed by atoms with Crippen LogP contribution in [0.15, 0.2) is 43.0 Å². The number of carbonyl (C=O) groups excluding carboxylic acids is 2. The number of aromatic nitrogens is 2. The SMILES string of the molecule is CC(=O)N1CCCCCCCN(C(=O)CCCn2ccnc2)Cc2ccccc21. The van der Waals surface area contributed by atoms with Gasteiger partial charge in [0.1, 0.15) is 0 Å². The zero-order chi connectivity index (χ0) is 20.5. The Balaban J connectivity index is 1.73. The van der Waals surface area contributed by atoms with E-state index in [0.717, 1.165) is 69.4 Å². The second-order valence-corrected chi connectivity index (χ2v) is 7.79. The van der Waals surface area contributed by atoms with E-state index in [1.54, 1.807) is 19.4 Å². The molecule has 0 aliphatic carbocycles. The van der Waals surface area contributed by atoms with Crippen LogP contribution in [0.2, 0.25) is 0 Å². The van der Waals surface area contributed by atoms with E-state index in [-0.39, 0.29) is 11.8 Å². The van der Waals surface area contributed by atoms with Gasteiger partial charge in [-0.05, 0) is 30.9 Å². The normalized spacial score (nSPS) is 15.9. The van der Waals surface area contributed by atoms with Crippen LogP contribution < -0.4 is 4.90 Å². The number of hydrogen-bond donors (Lipinski definition) is 0. The monoisotopic (exact) mass is 396 g/mol. The quantitative estimate of drug-likeness (QED) is 0.785. The summed E-state index contributed by atoms with van der Waals surface area (Å²) in [7, 11) is 0. The van der Waals surface area contributed by atoms with E-state index in [9.17, 15) is 9.59 Å². The van der Waals surface area contributed by atoms with E-state index in [1.165, 1.54) is 0 Å². The molecule has 0 unspecified atom stereocenters. The number of carbonyl (C=O) groups is 2. The minimum Gasteiger partial charge on any atom is -0.338 e. The molecule has 0 radical (unpaired) electrons. The fraction of sp³-hybridized carbons (Fsp3) is 0.522. The van der Waals surface area contributed by atoms with Gasteiger partial charge in [0.05, 0.1) is 6.33 Å². The minimum absolute atomic E-state index is 0.0627. The summed E-state index contributed by atoms with van der Waals surface area (Å²) in [6.07, 6.45) is 12.2. The molecule has 6 heteroatoms. The summed E-state index contributed by atoms with van der Waals surface area (Å²) in [6, 6.07) is 8.01. The predicted molar refractivity (Wildman–Crippen MR) is 114 cm³/mol. The van der Waals surface area contributed by atoms with Crippen molar-refractivity contribution in [2.45, 2.75) is 65.0 Å². The van der Waals surface area contributed by atoms with E-state index in [2.05, 4.69) is 4.98 Å². The van der Waals surface area contributed by atoms with Crippen LogP contribution >= 0.6 is 0 Å².